The Balaban J connectivity index is 1.97. The Kier molecular flexibility index (Phi) is 5.07. The van der Waals surface area contributed by atoms with E-state index in [9.17, 15) is 13.0 Å². The highest BCUT2D eigenvalue weighted by Gasteiger charge is 2.51. The fraction of sp³-hybridized carbons (Fsp3) is 0.143. The van der Waals surface area contributed by atoms with Crippen LogP contribution in [0.2, 0.25) is 5.02 Å². The van der Waals surface area contributed by atoms with E-state index in [0.29, 0.717) is 21.6 Å². The molecule has 3 aromatic rings. The van der Waals surface area contributed by atoms with Crippen LogP contribution in [0.15, 0.2) is 77.7 Å². The molecule has 0 spiro atoms. The summed E-state index contributed by atoms with van der Waals surface area (Å²) < 4.78 is 48.4. The summed E-state index contributed by atoms with van der Waals surface area (Å²) in [4.78, 5) is 0.0557. The highest BCUT2D eigenvalue weighted by atomic mass is 35.5. The van der Waals surface area contributed by atoms with E-state index >= 15 is 0 Å². The van der Waals surface area contributed by atoms with Gasteiger partial charge in [0.25, 0.3) is 10.0 Å². The van der Waals surface area contributed by atoms with Crippen LogP contribution in [0.25, 0.3) is 0 Å². The van der Waals surface area contributed by atoms with Gasteiger partial charge in [0.2, 0.25) is 0 Å². The fourth-order valence-corrected chi connectivity index (χ4v) is 8.58. The maximum Gasteiger partial charge on any atom is 0.363 e. The van der Waals surface area contributed by atoms with Gasteiger partial charge in [0.05, 0.1) is 16.2 Å². The average Bonchev–Trinajstić information content (AvgIpc) is 2.69. The number of hydrogen-bond acceptors (Lipinski definition) is 4. The van der Waals surface area contributed by atoms with Crippen LogP contribution in [0.1, 0.15) is 24.1 Å². The van der Waals surface area contributed by atoms with Crippen molar-refractivity contribution in [1.82, 2.24) is 4.08 Å². The van der Waals surface area contributed by atoms with E-state index in [1.165, 1.54) is 12.1 Å². The third-order valence-corrected chi connectivity index (χ3v) is 10.3. The molecule has 0 aromatic heterocycles. The first-order chi connectivity index (χ1) is 13.7. The van der Waals surface area contributed by atoms with Crippen molar-refractivity contribution in [2.75, 3.05) is 0 Å². The van der Waals surface area contributed by atoms with Gasteiger partial charge in [-0.2, -0.15) is 0 Å². The Bertz CT molecular complexity index is 1210. The van der Waals surface area contributed by atoms with Gasteiger partial charge in [0.1, 0.15) is 5.75 Å². The molecule has 0 amide bonds. The standard InChI is InChI=1S/C21H19ClNO4PS/c1-15-8-11-19(12-9-15)29(25,26)23-16(2)20-14-17(22)10-13-21(20)27-28(23,24)18-6-4-3-5-7-18/h3-14,16H,1-2H3. The third kappa shape index (κ3) is 3.40. The van der Waals surface area contributed by atoms with Gasteiger partial charge in [0.15, 0.2) is 0 Å². The SMILES string of the molecule is Cc1ccc(S(=O)(=O)N2C(C)c3cc(Cl)ccc3OP2(=O)c2ccccc2)cc1. The zero-order chi connectivity index (χ0) is 20.8. The molecule has 1 aliphatic rings. The first kappa shape index (κ1) is 20.2. The summed E-state index contributed by atoms with van der Waals surface area (Å²) >= 11 is 6.13. The summed E-state index contributed by atoms with van der Waals surface area (Å²) in [6.45, 7) is 3.56. The van der Waals surface area contributed by atoms with Crippen LogP contribution in [0.5, 0.6) is 5.75 Å². The Morgan fingerprint density at radius 3 is 2.31 bits per heavy atom. The van der Waals surface area contributed by atoms with E-state index in [-0.39, 0.29) is 4.90 Å². The second kappa shape index (κ2) is 7.29. The number of aryl methyl sites for hydroxylation is 1. The number of fused-ring (bicyclic) bond motifs is 1. The maximum absolute atomic E-state index is 14.2. The molecule has 4 rings (SSSR count). The lowest BCUT2D eigenvalue weighted by Crippen LogP contribution is -2.39. The molecule has 8 heteroatoms. The molecule has 2 atom stereocenters. The number of hydrogen-bond donors (Lipinski definition) is 0. The molecule has 0 radical (unpaired) electrons. The van der Waals surface area contributed by atoms with E-state index in [4.69, 9.17) is 16.1 Å². The van der Waals surface area contributed by atoms with Crippen molar-refractivity contribution >= 4 is 34.4 Å². The molecular weight excluding hydrogens is 429 g/mol. The lowest BCUT2D eigenvalue weighted by molar-refractivity contribution is 0.365. The van der Waals surface area contributed by atoms with Crippen LogP contribution in [-0.2, 0) is 14.6 Å². The predicted octanol–water partition coefficient (Wildman–Crippen LogP) is 5.31. The summed E-state index contributed by atoms with van der Waals surface area (Å²) in [5, 5.41) is 0.756. The molecule has 1 aliphatic heterocycles. The average molecular weight is 448 g/mol. The molecule has 0 saturated heterocycles. The van der Waals surface area contributed by atoms with Gasteiger partial charge in [-0.15, -0.1) is 4.08 Å². The van der Waals surface area contributed by atoms with Crippen LogP contribution >= 0.6 is 19.1 Å². The van der Waals surface area contributed by atoms with Crippen LogP contribution < -0.4 is 9.83 Å². The van der Waals surface area contributed by atoms with Crippen LogP contribution in [0.4, 0.5) is 0 Å². The number of sulfonamides is 1. The zero-order valence-corrected chi connectivity index (χ0v) is 18.3. The molecule has 0 aliphatic carbocycles. The van der Waals surface area contributed by atoms with Crippen LogP contribution in [0, 0.1) is 6.92 Å². The summed E-state index contributed by atoms with van der Waals surface area (Å²) in [7, 11) is -8.11. The number of nitrogens with zero attached hydrogens (tertiary/aromatic N) is 1. The zero-order valence-electron chi connectivity index (χ0n) is 15.8. The van der Waals surface area contributed by atoms with Crippen molar-refractivity contribution in [2.45, 2.75) is 24.8 Å². The fourth-order valence-electron chi connectivity index (χ4n) is 3.40. The van der Waals surface area contributed by atoms with E-state index in [1.54, 1.807) is 67.6 Å². The van der Waals surface area contributed by atoms with Crippen LogP contribution in [0.3, 0.4) is 0 Å². The second-order valence-corrected chi connectivity index (χ2v) is 11.6. The van der Waals surface area contributed by atoms with E-state index in [0.717, 1.165) is 9.64 Å². The second-order valence-electron chi connectivity index (χ2n) is 6.90. The molecule has 2 unspecified atom stereocenters. The topological polar surface area (TPSA) is 63.7 Å². The molecule has 1 heterocycles. The normalized spacial score (nSPS) is 22.0. The van der Waals surface area contributed by atoms with E-state index in [2.05, 4.69) is 0 Å². The summed E-state index contributed by atoms with van der Waals surface area (Å²) in [5.41, 5.74) is 1.49. The molecule has 0 saturated carbocycles. The molecule has 0 bridgehead atoms. The molecule has 5 nitrogen and oxygen atoms in total. The first-order valence-electron chi connectivity index (χ1n) is 9.00. The number of rotatable bonds is 3. The molecule has 150 valence electrons. The molecule has 0 fully saturated rings. The van der Waals surface area contributed by atoms with E-state index < -0.39 is 23.6 Å². The molecule has 29 heavy (non-hydrogen) atoms. The Labute approximate surface area is 175 Å². The monoisotopic (exact) mass is 447 g/mol. The number of halogens is 1. The summed E-state index contributed by atoms with van der Waals surface area (Å²) in [5.74, 6) is 0.365. The number of benzene rings is 3. The molecule has 0 N–H and O–H groups in total. The van der Waals surface area contributed by atoms with Crippen molar-refractivity contribution in [2.24, 2.45) is 0 Å². The van der Waals surface area contributed by atoms with Gasteiger partial charge in [-0.1, -0.05) is 47.5 Å². The van der Waals surface area contributed by atoms with Gasteiger partial charge < -0.3 is 4.52 Å². The van der Waals surface area contributed by atoms with Crippen molar-refractivity contribution in [3.05, 3.63) is 88.9 Å². The highest BCUT2D eigenvalue weighted by molar-refractivity contribution is 7.96. The van der Waals surface area contributed by atoms with Gasteiger partial charge in [-0.3, -0.25) is 4.57 Å². The minimum Gasteiger partial charge on any atom is -0.429 e. The minimum absolute atomic E-state index is 0.0557. The lowest BCUT2D eigenvalue weighted by Gasteiger charge is -2.39. The minimum atomic E-state index is -4.14. The maximum atomic E-state index is 14.2. The van der Waals surface area contributed by atoms with Crippen molar-refractivity contribution in [3.8, 4) is 5.75 Å². The lowest BCUT2D eigenvalue weighted by atomic mass is 10.1. The third-order valence-electron chi connectivity index (χ3n) is 4.88. The van der Waals surface area contributed by atoms with Gasteiger partial charge in [-0.05, 0) is 56.3 Å². The van der Waals surface area contributed by atoms with Crippen molar-refractivity contribution in [1.29, 1.82) is 0 Å². The summed E-state index contributed by atoms with van der Waals surface area (Å²) in [6.07, 6.45) is 0. The Morgan fingerprint density at radius 2 is 1.66 bits per heavy atom. The largest absolute Gasteiger partial charge is 0.429 e. The van der Waals surface area contributed by atoms with Gasteiger partial charge in [0, 0.05) is 10.6 Å². The Morgan fingerprint density at radius 1 is 1.00 bits per heavy atom. The van der Waals surface area contributed by atoms with Crippen molar-refractivity contribution < 1.29 is 17.5 Å². The Hall–Kier alpha value is -2.11. The quantitative estimate of drug-likeness (QED) is 0.510. The smallest absolute Gasteiger partial charge is 0.363 e. The van der Waals surface area contributed by atoms with Gasteiger partial charge >= 0.3 is 7.52 Å². The highest BCUT2D eigenvalue weighted by Crippen LogP contribution is 2.61. The molecular formula is C21H19ClNO4PS. The van der Waals surface area contributed by atoms with Gasteiger partial charge in [-0.25, -0.2) is 8.42 Å². The predicted molar refractivity (Wildman–Crippen MR) is 114 cm³/mol. The molecule has 3 aromatic carbocycles. The van der Waals surface area contributed by atoms with Crippen molar-refractivity contribution in [3.63, 3.8) is 0 Å². The van der Waals surface area contributed by atoms with Crippen LogP contribution in [-0.4, -0.2) is 12.5 Å². The first-order valence-corrected chi connectivity index (χ1v) is 12.4. The van der Waals surface area contributed by atoms with E-state index in [1.807, 2.05) is 6.92 Å². The summed E-state index contributed by atoms with van der Waals surface area (Å²) in [6, 6.07) is 19.0.